The van der Waals surface area contributed by atoms with Gasteiger partial charge in [0, 0.05) is 11.5 Å². The van der Waals surface area contributed by atoms with E-state index in [2.05, 4.69) is 64.8 Å². The molecule has 1 aliphatic rings. The Hall–Kier alpha value is -2.79. The van der Waals surface area contributed by atoms with Gasteiger partial charge in [0.15, 0.2) is 5.82 Å². The van der Waals surface area contributed by atoms with Gasteiger partial charge in [-0.15, -0.1) is 0 Å². The van der Waals surface area contributed by atoms with Crippen molar-refractivity contribution in [3.8, 4) is 0 Å². The molecule has 140 valence electrons. The van der Waals surface area contributed by atoms with Crippen molar-refractivity contribution in [2.45, 2.75) is 38.0 Å². The summed E-state index contributed by atoms with van der Waals surface area (Å²) in [5.74, 6) is 1.40. The van der Waals surface area contributed by atoms with Crippen LogP contribution in [0, 0.1) is 4.77 Å². The molecule has 0 radical (unpaired) electrons. The molecule has 0 aliphatic heterocycles. The molecule has 0 atom stereocenters. The van der Waals surface area contributed by atoms with Crippen LogP contribution in [-0.4, -0.2) is 21.1 Å². The standard InChI is InChI=1S/C23H22N4S/c28-23-26-25-22(16-8-2-1-3-9-16)27(23)24-15-21-19-12-6-4-10-17(19)14-18-11-5-7-13-20(18)21/h4-7,10-16H,1-3,8-9H2,(H,26,28)/b24-15+. The minimum Gasteiger partial charge on any atom is -0.250 e. The normalized spacial score (nSPS) is 15.7. The quantitative estimate of drug-likeness (QED) is 0.260. The van der Waals surface area contributed by atoms with Crippen LogP contribution in [0.2, 0.25) is 0 Å². The van der Waals surface area contributed by atoms with Crippen molar-refractivity contribution in [2.75, 3.05) is 0 Å². The van der Waals surface area contributed by atoms with Crippen LogP contribution in [0.1, 0.15) is 49.4 Å². The van der Waals surface area contributed by atoms with E-state index in [0.29, 0.717) is 10.7 Å². The first-order valence-corrected chi connectivity index (χ1v) is 10.3. The molecule has 5 heteroatoms. The van der Waals surface area contributed by atoms with Gasteiger partial charge in [-0.3, -0.25) is 5.10 Å². The highest BCUT2D eigenvalue weighted by atomic mass is 32.1. The number of aromatic nitrogens is 3. The van der Waals surface area contributed by atoms with Gasteiger partial charge in [0.2, 0.25) is 4.77 Å². The van der Waals surface area contributed by atoms with Gasteiger partial charge in [-0.2, -0.15) is 14.9 Å². The van der Waals surface area contributed by atoms with Gasteiger partial charge < -0.3 is 0 Å². The maximum absolute atomic E-state index is 5.48. The van der Waals surface area contributed by atoms with Crippen molar-refractivity contribution in [1.82, 2.24) is 14.9 Å². The molecule has 1 aromatic heterocycles. The lowest BCUT2D eigenvalue weighted by Gasteiger charge is -2.19. The fraction of sp³-hybridized carbons (Fsp3) is 0.261. The number of H-pyrrole nitrogens is 1. The van der Waals surface area contributed by atoms with E-state index in [0.717, 1.165) is 24.2 Å². The van der Waals surface area contributed by atoms with Crippen molar-refractivity contribution < 1.29 is 0 Å². The predicted octanol–water partition coefficient (Wildman–Crippen LogP) is 6.18. The van der Waals surface area contributed by atoms with Crippen LogP contribution in [0.25, 0.3) is 21.5 Å². The number of hydrogen-bond acceptors (Lipinski definition) is 3. The van der Waals surface area contributed by atoms with Gasteiger partial charge in [0.1, 0.15) is 0 Å². The molecule has 0 bridgehead atoms. The summed E-state index contributed by atoms with van der Waals surface area (Å²) in [7, 11) is 0. The zero-order valence-electron chi connectivity index (χ0n) is 15.6. The fourth-order valence-corrected chi connectivity index (χ4v) is 4.53. The largest absolute Gasteiger partial charge is 0.250 e. The highest BCUT2D eigenvalue weighted by Gasteiger charge is 2.21. The van der Waals surface area contributed by atoms with Crippen molar-refractivity contribution in [3.63, 3.8) is 0 Å². The molecule has 1 heterocycles. The summed E-state index contributed by atoms with van der Waals surface area (Å²) < 4.78 is 2.38. The van der Waals surface area contributed by atoms with Crippen LogP contribution in [0.5, 0.6) is 0 Å². The summed E-state index contributed by atoms with van der Waals surface area (Å²) in [6.07, 6.45) is 8.08. The Morgan fingerprint density at radius 3 is 2.29 bits per heavy atom. The molecule has 0 saturated heterocycles. The van der Waals surface area contributed by atoms with Crippen LogP contribution in [0.15, 0.2) is 59.7 Å². The minimum atomic E-state index is 0.433. The molecule has 1 fully saturated rings. The summed E-state index contributed by atoms with van der Waals surface area (Å²) in [5.41, 5.74) is 1.12. The molecule has 0 unspecified atom stereocenters. The lowest BCUT2D eigenvalue weighted by molar-refractivity contribution is 0.419. The van der Waals surface area contributed by atoms with Crippen LogP contribution < -0.4 is 0 Å². The zero-order valence-corrected chi connectivity index (χ0v) is 16.5. The van der Waals surface area contributed by atoms with Crippen molar-refractivity contribution in [1.29, 1.82) is 0 Å². The first kappa shape index (κ1) is 17.3. The number of benzene rings is 3. The number of rotatable bonds is 3. The average Bonchev–Trinajstić information content (AvgIpc) is 3.12. The second-order valence-electron chi connectivity index (χ2n) is 7.51. The molecule has 3 aromatic carbocycles. The molecule has 0 amide bonds. The third-order valence-electron chi connectivity index (χ3n) is 5.76. The van der Waals surface area contributed by atoms with Gasteiger partial charge in [0.25, 0.3) is 0 Å². The van der Waals surface area contributed by atoms with E-state index in [1.165, 1.54) is 40.8 Å². The first-order chi connectivity index (χ1) is 13.8. The van der Waals surface area contributed by atoms with Gasteiger partial charge >= 0.3 is 0 Å². The zero-order chi connectivity index (χ0) is 18.9. The molecule has 1 aliphatic carbocycles. The molecule has 1 saturated carbocycles. The van der Waals surface area contributed by atoms with Gasteiger partial charge in [-0.1, -0.05) is 67.8 Å². The maximum Gasteiger partial charge on any atom is 0.216 e. The van der Waals surface area contributed by atoms with E-state index in [9.17, 15) is 0 Å². The summed E-state index contributed by atoms with van der Waals surface area (Å²) in [6, 6.07) is 19.1. The lowest BCUT2D eigenvalue weighted by Crippen LogP contribution is -2.10. The Balaban J connectivity index is 1.65. The molecule has 28 heavy (non-hydrogen) atoms. The third kappa shape index (κ3) is 3.06. The molecule has 5 rings (SSSR count). The number of aromatic amines is 1. The van der Waals surface area contributed by atoms with Crippen LogP contribution >= 0.6 is 12.2 Å². The summed E-state index contributed by atoms with van der Waals surface area (Å²) >= 11 is 5.48. The van der Waals surface area contributed by atoms with Gasteiger partial charge in [-0.25, -0.2) is 0 Å². The fourth-order valence-electron chi connectivity index (χ4n) is 4.34. The summed E-state index contributed by atoms with van der Waals surface area (Å²) in [6.45, 7) is 0. The van der Waals surface area contributed by atoms with Crippen LogP contribution in [-0.2, 0) is 0 Å². The second-order valence-corrected chi connectivity index (χ2v) is 7.90. The highest BCUT2D eigenvalue weighted by Crippen LogP contribution is 2.32. The van der Waals surface area contributed by atoms with Crippen molar-refractivity contribution in [3.05, 3.63) is 70.8 Å². The van der Waals surface area contributed by atoms with E-state index in [4.69, 9.17) is 17.3 Å². The number of nitrogens with one attached hydrogen (secondary N) is 1. The number of nitrogens with zero attached hydrogens (tertiary/aromatic N) is 3. The molecular formula is C23H22N4S. The Bertz CT molecular complexity index is 1170. The lowest BCUT2D eigenvalue weighted by atomic mass is 9.89. The molecule has 1 N–H and O–H groups in total. The summed E-state index contributed by atoms with van der Waals surface area (Å²) in [5, 5.41) is 17.1. The maximum atomic E-state index is 5.48. The monoisotopic (exact) mass is 386 g/mol. The highest BCUT2D eigenvalue weighted by molar-refractivity contribution is 7.71. The molecular weight excluding hydrogens is 364 g/mol. The first-order valence-electron chi connectivity index (χ1n) is 9.93. The van der Waals surface area contributed by atoms with Crippen molar-refractivity contribution in [2.24, 2.45) is 5.10 Å². The molecule has 4 aromatic rings. The Labute approximate surface area is 168 Å². The van der Waals surface area contributed by atoms with Crippen LogP contribution in [0.3, 0.4) is 0 Å². The average molecular weight is 387 g/mol. The summed E-state index contributed by atoms with van der Waals surface area (Å²) in [4.78, 5) is 0. The smallest absolute Gasteiger partial charge is 0.216 e. The Morgan fingerprint density at radius 2 is 1.61 bits per heavy atom. The molecule has 4 nitrogen and oxygen atoms in total. The van der Waals surface area contributed by atoms with E-state index < -0.39 is 0 Å². The van der Waals surface area contributed by atoms with E-state index in [1.807, 2.05) is 10.9 Å². The predicted molar refractivity (Wildman–Crippen MR) is 118 cm³/mol. The Morgan fingerprint density at radius 1 is 0.964 bits per heavy atom. The van der Waals surface area contributed by atoms with E-state index in [1.54, 1.807) is 0 Å². The number of hydrogen-bond donors (Lipinski definition) is 1. The SMILES string of the molecule is S=c1[nH]nc(C2CCCCC2)n1/N=C/c1c2ccccc2cc2ccccc12. The van der Waals surface area contributed by atoms with Gasteiger partial charge in [0.05, 0.1) is 6.21 Å². The van der Waals surface area contributed by atoms with E-state index >= 15 is 0 Å². The van der Waals surface area contributed by atoms with E-state index in [-0.39, 0.29) is 0 Å². The topological polar surface area (TPSA) is 46.0 Å². The third-order valence-corrected chi connectivity index (χ3v) is 6.03. The second kappa shape index (κ2) is 7.32. The molecule has 0 spiro atoms. The van der Waals surface area contributed by atoms with Gasteiger partial charge in [-0.05, 0) is 52.7 Å². The minimum absolute atomic E-state index is 0.433. The van der Waals surface area contributed by atoms with Crippen molar-refractivity contribution >= 4 is 40.0 Å². The Kier molecular flexibility index (Phi) is 4.53. The van der Waals surface area contributed by atoms with Crippen LogP contribution in [0.4, 0.5) is 0 Å². The number of fused-ring (bicyclic) bond motifs is 2.